The Labute approximate surface area is 135 Å². The van der Waals surface area contributed by atoms with Gasteiger partial charge < -0.3 is 9.88 Å². The number of aromatic nitrogens is 3. The van der Waals surface area contributed by atoms with Crippen LogP contribution < -0.4 is 5.32 Å². The van der Waals surface area contributed by atoms with Gasteiger partial charge in [0.15, 0.2) is 0 Å². The highest BCUT2D eigenvalue weighted by atomic mass is 19.1. The van der Waals surface area contributed by atoms with Crippen molar-refractivity contribution < 1.29 is 4.39 Å². The summed E-state index contributed by atoms with van der Waals surface area (Å²) in [6.45, 7) is 3.37. The van der Waals surface area contributed by atoms with Crippen molar-refractivity contribution in [3.05, 3.63) is 84.0 Å². The smallest absolute Gasteiger partial charge is 0.146 e. The monoisotopic (exact) mass is 310 g/mol. The lowest BCUT2D eigenvalue weighted by molar-refractivity contribution is 0.512. The summed E-state index contributed by atoms with van der Waals surface area (Å²) in [5.74, 6) is -0.277. The Morgan fingerprint density at radius 3 is 2.83 bits per heavy atom. The maximum atomic E-state index is 13.7. The third kappa shape index (κ3) is 4.02. The Bertz CT molecular complexity index is 755. The van der Waals surface area contributed by atoms with Gasteiger partial charge in [-0.3, -0.25) is 4.98 Å². The predicted octanol–water partition coefficient (Wildman–Crippen LogP) is 3.32. The third-order valence-corrected chi connectivity index (χ3v) is 3.73. The van der Waals surface area contributed by atoms with Gasteiger partial charge in [-0.1, -0.05) is 24.3 Å². The normalized spacial score (nSPS) is 12.3. The quantitative estimate of drug-likeness (QED) is 0.759. The number of nitrogens with one attached hydrogen (secondary N) is 1. The summed E-state index contributed by atoms with van der Waals surface area (Å²) in [6, 6.07) is 11.2. The Hall–Kier alpha value is -2.53. The maximum Gasteiger partial charge on any atom is 0.146 e. The predicted molar refractivity (Wildman–Crippen MR) is 87.2 cm³/mol. The van der Waals surface area contributed by atoms with E-state index in [1.807, 2.05) is 23.8 Å². The van der Waals surface area contributed by atoms with Crippen LogP contribution in [0.2, 0.25) is 0 Å². The third-order valence-electron chi connectivity index (χ3n) is 3.73. The Morgan fingerprint density at radius 2 is 2.04 bits per heavy atom. The molecule has 2 heterocycles. The van der Waals surface area contributed by atoms with Crippen LogP contribution in [0, 0.1) is 5.82 Å². The molecule has 0 fully saturated rings. The molecule has 0 saturated carbocycles. The second-order valence-corrected chi connectivity index (χ2v) is 5.53. The molecule has 0 aliphatic carbocycles. The summed E-state index contributed by atoms with van der Waals surface area (Å²) in [5, 5.41) is 3.32. The minimum absolute atomic E-state index is 0.145. The van der Waals surface area contributed by atoms with Gasteiger partial charge in [0.05, 0.1) is 12.0 Å². The van der Waals surface area contributed by atoms with E-state index in [9.17, 15) is 4.39 Å². The number of hydrogen-bond acceptors (Lipinski definition) is 3. The molecule has 23 heavy (non-hydrogen) atoms. The molecule has 3 aromatic rings. The molecule has 0 spiro atoms. The lowest BCUT2D eigenvalue weighted by atomic mass is 10.1. The highest BCUT2D eigenvalue weighted by molar-refractivity contribution is 5.24. The van der Waals surface area contributed by atoms with Gasteiger partial charge in [-0.05, 0) is 30.2 Å². The molecule has 0 bridgehead atoms. The summed E-state index contributed by atoms with van der Waals surface area (Å²) in [6.07, 6.45) is 7.13. The van der Waals surface area contributed by atoms with Crippen molar-refractivity contribution in [3.63, 3.8) is 0 Å². The lowest BCUT2D eigenvalue weighted by Crippen LogP contribution is -2.20. The van der Waals surface area contributed by atoms with Gasteiger partial charge in [-0.25, -0.2) is 9.37 Å². The zero-order valence-corrected chi connectivity index (χ0v) is 13.0. The van der Waals surface area contributed by atoms with Crippen LogP contribution in [0.15, 0.2) is 61.3 Å². The van der Waals surface area contributed by atoms with Crippen molar-refractivity contribution in [1.82, 2.24) is 19.9 Å². The summed E-state index contributed by atoms with van der Waals surface area (Å²) in [4.78, 5) is 8.16. The molecule has 2 aromatic heterocycles. The zero-order chi connectivity index (χ0) is 16.1. The molecule has 0 aliphatic heterocycles. The highest BCUT2D eigenvalue weighted by Crippen LogP contribution is 2.14. The molecular formula is C18H19FN4. The maximum absolute atomic E-state index is 13.7. The number of rotatable bonds is 6. The second kappa shape index (κ2) is 7.15. The van der Waals surface area contributed by atoms with E-state index in [1.54, 1.807) is 24.8 Å². The SMILES string of the molecule is CC(NCc1cccc(Cn2ccnc2)c1)c1ncccc1F. The van der Waals surface area contributed by atoms with Crippen LogP contribution in [0.25, 0.3) is 0 Å². The van der Waals surface area contributed by atoms with E-state index in [2.05, 4.69) is 33.5 Å². The van der Waals surface area contributed by atoms with Crippen LogP contribution >= 0.6 is 0 Å². The molecule has 1 aromatic carbocycles. The number of hydrogen-bond donors (Lipinski definition) is 1. The van der Waals surface area contributed by atoms with Gasteiger partial charge in [-0.2, -0.15) is 0 Å². The van der Waals surface area contributed by atoms with Crippen molar-refractivity contribution in [2.24, 2.45) is 0 Å². The molecule has 3 rings (SSSR count). The fourth-order valence-corrected chi connectivity index (χ4v) is 2.51. The van der Waals surface area contributed by atoms with E-state index in [0.717, 1.165) is 12.1 Å². The zero-order valence-electron chi connectivity index (χ0n) is 13.0. The van der Waals surface area contributed by atoms with Gasteiger partial charge in [0, 0.05) is 37.7 Å². The molecule has 0 saturated heterocycles. The van der Waals surface area contributed by atoms with Gasteiger partial charge >= 0.3 is 0 Å². The topological polar surface area (TPSA) is 42.7 Å². The van der Waals surface area contributed by atoms with Crippen LogP contribution in [0.4, 0.5) is 4.39 Å². The van der Waals surface area contributed by atoms with Crippen LogP contribution in [0.5, 0.6) is 0 Å². The fourth-order valence-electron chi connectivity index (χ4n) is 2.51. The number of nitrogens with zero attached hydrogens (tertiary/aromatic N) is 3. The van der Waals surface area contributed by atoms with E-state index in [1.165, 1.54) is 11.6 Å². The molecule has 1 unspecified atom stereocenters. The molecule has 5 heteroatoms. The van der Waals surface area contributed by atoms with Crippen LogP contribution in [-0.2, 0) is 13.1 Å². The fraction of sp³-hybridized carbons (Fsp3) is 0.222. The van der Waals surface area contributed by atoms with Crippen molar-refractivity contribution in [1.29, 1.82) is 0 Å². The van der Waals surface area contributed by atoms with E-state index in [-0.39, 0.29) is 11.9 Å². The van der Waals surface area contributed by atoms with E-state index >= 15 is 0 Å². The van der Waals surface area contributed by atoms with E-state index in [0.29, 0.717) is 12.2 Å². The first-order chi connectivity index (χ1) is 11.2. The molecule has 4 nitrogen and oxygen atoms in total. The molecule has 1 N–H and O–H groups in total. The number of pyridine rings is 1. The first-order valence-corrected chi connectivity index (χ1v) is 7.60. The summed E-state index contributed by atoms with van der Waals surface area (Å²) in [5.41, 5.74) is 2.81. The van der Waals surface area contributed by atoms with Crippen molar-refractivity contribution in [2.75, 3.05) is 0 Å². The summed E-state index contributed by atoms with van der Waals surface area (Å²) in [7, 11) is 0. The molecule has 0 radical (unpaired) electrons. The van der Waals surface area contributed by atoms with Gasteiger partial charge in [0.25, 0.3) is 0 Å². The van der Waals surface area contributed by atoms with Crippen molar-refractivity contribution in [2.45, 2.75) is 26.1 Å². The van der Waals surface area contributed by atoms with E-state index < -0.39 is 0 Å². The standard InChI is InChI=1S/C18H19FN4/c1-14(18-17(19)6-3-7-21-18)22-11-15-4-2-5-16(10-15)12-23-9-8-20-13-23/h2-10,13-14,22H,11-12H2,1H3. The average Bonchev–Trinajstić information content (AvgIpc) is 3.06. The summed E-state index contributed by atoms with van der Waals surface area (Å²) < 4.78 is 15.8. The van der Waals surface area contributed by atoms with Gasteiger partial charge in [0.1, 0.15) is 5.82 Å². The first-order valence-electron chi connectivity index (χ1n) is 7.60. The molecule has 118 valence electrons. The van der Waals surface area contributed by atoms with Crippen LogP contribution in [0.1, 0.15) is 29.8 Å². The van der Waals surface area contributed by atoms with Crippen molar-refractivity contribution >= 4 is 0 Å². The number of benzene rings is 1. The van der Waals surface area contributed by atoms with Gasteiger partial charge in [0.2, 0.25) is 0 Å². The molecular weight excluding hydrogens is 291 g/mol. The summed E-state index contributed by atoms with van der Waals surface area (Å²) >= 11 is 0. The molecule has 0 amide bonds. The molecule has 1 atom stereocenters. The number of imidazole rings is 1. The van der Waals surface area contributed by atoms with Gasteiger partial charge in [-0.15, -0.1) is 0 Å². The lowest BCUT2D eigenvalue weighted by Gasteiger charge is -2.14. The first kappa shape index (κ1) is 15.4. The van der Waals surface area contributed by atoms with E-state index in [4.69, 9.17) is 0 Å². The Kier molecular flexibility index (Phi) is 4.78. The average molecular weight is 310 g/mol. The van der Waals surface area contributed by atoms with Crippen LogP contribution in [0.3, 0.4) is 0 Å². The molecule has 0 aliphatic rings. The second-order valence-electron chi connectivity index (χ2n) is 5.53. The largest absolute Gasteiger partial charge is 0.333 e. The Balaban J connectivity index is 1.63. The number of halogens is 1. The van der Waals surface area contributed by atoms with Crippen molar-refractivity contribution in [3.8, 4) is 0 Å². The highest BCUT2D eigenvalue weighted by Gasteiger charge is 2.11. The Morgan fingerprint density at radius 1 is 1.17 bits per heavy atom. The minimum atomic E-state index is -0.277. The minimum Gasteiger partial charge on any atom is -0.333 e. The van der Waals surface area contributed by atoms with Crippen LogP contribution in [-0.4, -0.2) is 14.5 Å².